The summed E-state index contributed by atoms with van der Waals surface area (Å²) >= 11 is 5.98. The number of likely N-dealkylation sites (N-methyl/N-ethyl adjacent to an activating group) is 1. The molecule has 0 spiro atoms. The van der Waals surface area contributed by atoms with Gasteiger partial charge in [-0.1, -0.05) is 24.6 Å². The third-order valence-corrected chi connectivity index (χ3v) is 2.94. The Hall–Kier alpha value is -0.640. The molecule has 1 rings (SSSR count). The largest absolute Gasteiger partial charge is 0.315 e. The van der Waals surface area contributed by atoms with Crippen molar-refractivity contribution in [1.29, 1.82) is 0 Å². The van der Waals surface area contributed by atoms with E-state index in [1.165, 1.54) is 6.07 Å². The standard InChI is InChI=1S/C13H20ClFN2/c1-3-7-16-8-9-17(2)10-11-12(14)5-4-6-13(11)15/h4-6,16H,3,7-10H2,1-2H3. The molecule has 0 radical (unpaired) electrons. The fourth-order valence-corrected chi connectivity index (χ4v) is 1.83. The molecule has 4 heteroatoms. The lowest BCUT2D eigenvalue weighted by Crippen LogP contribution is -2.29. The third-order valence-electron chi connectivity index (χ3n) is 2.59. The van der Waals surface area contributed by atoms with Gasteiger partial charge in [0.05, 0.1) is 0 Å². The summed E-state index contributed by atoms with van der Waals surface area (Å²) in [6, 6.07) is 4.80. The maximum atomic E-state index is 13.5. The van der Waals surface area contributed by atoms with Crippen LogP contribution in [0.25, 0.3) is 0 Å². The van der Waals surface area contributed by atoms with E-state index in [0.717, 1.165) is 26.1 Å². The van der Waals surface area contributed by atoms with Gasteiger partial charge in [0.1, 0.15) is 5.82 Å². The van der Waals surface area contributed by atoms with Crippen molar-refractivity contribution in [2.75, 3.05) is 26.7 Å². The van der Waals surface area contributed by atoms with E-state index in [9.17, 15) is 4.39 Å². The maximum Gasteiger partial charge on any atom is 0.129 e. The topological polar surface area (TPSA) is 15.3 Å². The Balaban J connectivity index is 2.42. The van der Waals surface area contributed by atoms with Crippen LogP contribution >= 0.6 is 11.6 Å². The van der Waals surface area contributed by atoms with Gasteiger partial charge in [-0.25, -0.2) is 4.39 Å². The van der Waals surface area contributed by atoms with Crippen molar-refractivity contribution in [2.24, 2.45) is 0 Å². The van der Waals surface area contributed by atoms with Gasteiger partial charge in [0.2, 0.25) is 0 Å². The maximum absolute atomic E-state index is 13.5. The molecular formula is C13H20ClFN2. The van der Waals surface area contributed by atoms with Gasteiger partial charge in [-0.2, -0.15) is 0 Å². The van der Waals surface area contributed by atoms with Gasteiger partial charge in [-0.05, 0) is 32.1 Å². The Morgan fingerprint density at radius 3 is 2.76 bits per heavy atom. The highest BCUT2D eigenvalue weighted by Gasteiger charge is 2.09. The van der Waals surface area contributed by atoms with E-state index in [1.807, 2.05) is 7.05 Å². The zero-order chi connectivity index (χ0) is 12.7. The molecular weight excluding hydrogens is 239 g/mol. The first-order chi connectivity index (χ1) is 8.15. The Morgan fingerprint density at radius 2 is 2.12 bits per heavy atom. The third kappa shape index (κ3) is 5.02. The van der Waals surface area contributed by atoms with Crippen LogP contribution in [0.3, 0.4) is 0 Å². The average Bonchev–Trinajstić information content (AvgIpc) is 2.30. The van der Waals surface area contributed by atoms with Gasteiger partial charge in [0.25, 0.3) is 0 Å². The Kier molecular flexibility index (Phi) is 6.48. The molecule has 2 nitrogen and oxygen atoms in total. The van der Waals surface area contributed by atoms with Crippen LogP contribution in [0.15, 0.2) is 18.2 Å². The monoisotopic (exact) mass is 258 g/mol. The molecule has 1 aromatic rings. The Morgan fingerprint density at radius 1 is 1.35 bits per heavy atom. The van der Waals surface area contributed by atoms with Crippen LogP contribution in [-0.4, -0.2) is 31.6 Å². The molecule has 0 unspecified atom stereocenters. The highest BCUT2D eigenvalue weighted by atomic mass is 35.5. The summed E-state index contributed by atoms with van der Waals surface area (Å²) in [5.41, 5.74) is 0.576. The average molecular weight is 259 g/mol. The van der Waals surface area contributed by atoms with Crippen molar-refractivity contribution < 1.29 is 4.39 Å². The lowest BCUT2D eigenvalue weighted by Gasteiger charge is -2.18. The number of rotatable bonds is 7. The van der Waals surface area contributed by atoms with Gasteiger partial charge < -0.3 is 10.2 Å². The van der Waals surface area contributed by atoms with Gasteiger partial charge in [-0.3, -0.25) is 0 Å². The fourth-order valence-electron chi connectivity index (χ4n) is 1.60. The molecule has 0 bridgehead atoms. The Labute approximate surface area is 108 Å². The zero-order valence-electron chi connectivity index (χ0n) is 10.5. The quantitative estimate of drug-likeness (QED) is 0.757. The minimum atomic E-state index is -0.231. The summed E-state index contributed by atoms with van der Waals surface area (Å²) in [4.78, 5) is 2.06. The number of nitrogens with zero attached hydrogens (tertiary/aromatic N) is 1. The number of hydrogen-bond acceptors (Lipinski definition) is 2. The summed E-state index contributed by atoms with van der Waals surface area (Å²) in [6.45, 7) is 5.49. The minimum absolute atomic E-state index is 0.231. The fraction of sp³-hybridized carbons (Fsp3) is 0.538. The van der Waals surface area contributed by atoms with E-state index in [-0.39, 0.29) is 5.82 Å². The predicted octanol–water partition coefficient (Wildman–Crippen LogP) is 2.91. The number of nitrogens with one attached hydrogen (secondary N) is 1. The first kappa shape index (κ1) is 14.4. The van der Waals surface area contributed by atoms with Crippen LogP contribution in [0.4, 0.5) is 4.39 Å². The second kappa shape index (κ2) is 7.64. The van der Waals surface area contributed by atoms with Crippen LogP contribution in [0.2, 0.25) is 5.02 Å². The van der Waals surface area contributed by atoms with Gasteiger partial charge >= 0.3 is 0 Å². The number of benzene rings is 1. The first-order valence-corrected chi connectivity index (χ1v) is 6.35. The highest BCUT2D eigenvalue weighted by Crippen LogP contribution is 2.19. The molecule has 0 atom stereocenters. The van der Waals surface area contributed by atoms with Crippen molar-refractivity contribution in [3.63, 3.8) is 0 Å². The molecule has 0 aliphatic rings. The molecule has 17 heavy (non-hydrogen) atoms. The minimum Gasteiger partial charge on any atom is -0.315 e. The molecule has 1 aromatic carbocycles. The normalized spacial score (nSPS) is 11.1. The lowest BCUT2D eigenvalue weighted by molar-refractivity contribution is 0.319. The molecule has 0 heterocycles. The molecule has 0 amide bonds. The summed E-state index contributed by atoms with van der Waals surface area (Å²) in [6.07, 6.45) is 1.13. The van der Waals surface area contributed by atoms with Crippen molar-refractivity contribution in [3.05, 3.63) is 34.6 Å². The van der Waals surface area contributed by atoms with Crippen LogP contribution in [0, 0.1) is 5.82 Å². The molecule has 1 N–H and O–H groups in total. The van der Waals surface area contributed by atoms with Crippen LogP contribution in [0.5, 0.6) is 0 Å². The van der Waals surface area contributed by atoms with E-state index in [0.29, 0.717) is 17.1 Å². The molecule has 0 saturated heterocycles. The number of hydrogen-bond donors (Lipinski definition) is 1. The molecule has 0 fully saturated rings. The first-order valence-electron chi connectivity index (χ1n) is 5.97. The van der Waals surface area contributed by atoms with Crippen LogP contribution in [0.1, 0.15) is 18.9 Å². The van der Waals surface area contributed by atoms with Crippen LogP contribution < -0.4 is 5.32 Å². The van der Waals surface area contributed by atoms with E-state index >= 15 is 0 Å². The highest BCUT2D eigenvalue weighted by molar-refractivity contribution is 6.31. The molecule has 0 aromatic heterocycles. The van der Waals surface area contributed by atoms with E-state index in [1.54, 1.807) is 12.1 Å². The lowest BCUT2D eigenvalue weighted by atomic mass is 10.2. The van der Waals surface area contributed by atoms with E-state index in [2.05, 4.69) is 17.1 Å². The smallest absolute Gasteiger partial charge is 0.129 e. The van der Waals surface area contributed by atoms with E-state index in [4.69, 9.17) is 11.6 Å². The summed E-state index contributed by atoms with van der Waals surface area (Å²) in [5, 5.41) is 3.81. The molecule has 0 aliphatic carbocycles. The summed E-state index contributed by atoms with van der Waals surface area (Å²) in [5.74, 6) is -0.231. The van der Waals surface area contributed by atoms with Crippen molar-refractivity contribution >= 4 is 11.6 Å². The van der Waals surface area contributed by atoms with Crippen molar-refractivity contribution in [1.82, 2.24) is 10.2 Å². The second-order valence-electron chi connectivity index (χ2n) is 4.19. The molecule has 96 valence electrons. The SMILES string of the molecule is CCCNCCN(C)Cc1c(F)cccc1Cl. The Bertz CT molecular complexity index is 324. The van der Waals surface area contributed by atoms with Crippen LogP contribution in [-0.2, 0) is 6.54 Å². The number of halogens is 2. The van der Waals surface area contributed by atoms with Gasteiger partial charge in [0, 0.05) is 30.2 Å². The van der Waals surface area contributed by atoms with Gasteiger partial charge in [-0.15, -0.1) is 0 Å². The van der Waals surface area contributed by atoms with Crippen molar-refractivity contribution in [3.8, 4) is 0 Å². The summed E-state index contributed by atoms with van der Waals surface area (Å²) in [7, 11) is 1.97. The van der Waals surface area contributed by atoms with Gasteiger partial charge in [0.15, 0.2) is 0 Å². The van der Waals surface area contributed by atoms with Crippen molar-refractivity contribution in [2.45, 2.75) is 19.9 Å². The zero-order valence-corrected chi connectivity index (χ0v) is 11.2. The second-order valence-corrected chi connectivity index (χ2v) is 4.60. The van der Waals surface area contributed by atoms with E-state index < -0.39 is 0 Å². The predicted molar refractivity (Wildman–Crippen MR) is 70.9 cm³/mol. The molecule has 0 saturated carbocycles. The molecule has 0 aliphatic heterocycles. The summed E-state index contributed by atoms with van der Waals surface area (Å²) < 4.78 is 13.5.